The van der Waals surface area contributed by atoms with E-state index in [1.165, 1.54) is 7.05 Å². The molecule has 0 saturated carbocycles. The number of nitrogens with one attached hydrogen (secondary N) is 4. The van der Waals surface area contributed by atoms with E-state index in [2.05, 4.69) is 26.3 Å². The molecule has 2 aromatic rings. The van der Waals surface area contributed by atoms with Crippen LogP contribution in [0.4, 0.5) is 27.6 Å². The number of ketones is 1. The average Bonchev–Trinajstić information content (AvgIpc) is 3.22. The Kier molecular flexibility index (Phi) is 9.17. The van der Waals surface area contributed by atoms with Crippen LogP contribution in [-0.2, 0) is 20.6 Å². The molecule has 40 heavy (non-hydrogen) atoms. The van der Waals surface area contributed by atoms with Crippen molar-refractivity contribution in [1.29, 1.82) is 0 Å². The van der Waals surface area contributed by atoms with Crippen LogP contribution in [0.15, 0.2) is 36.5 Å². The smallest absolute Gasteiger partial charge is 0.353 e. The molecule has 3 rings (SSSR count). The maximum absolute atomic E-state index is 13.4. The van der Waals surface area contributed by atoms with E-state index >= 15 is 0 Å². The Labute approximate surface area is 224 Å². The van der Waals surface area contributed by atoms with Crippen LogP contribution >= 0.6 is 0 Å². The molecule has 1 aromatic heterocycles. The van der Waals surface area contributed by atoms with Crippen molar-refractivity contribution in [3.05, 3.63) is 58.9 Å². The highest BCUT2D eigenvalue weighted by Gasteiger charge is 2.37. The molecular weight excluding hydrogens is 545 g/mol. The van der Waals surface area contributed by atoms with Gasteiger partial charge in [0, 0.05) is 36.3 Å². The molecular formula is C25H24F5N5O5. The van der Waals surface area contributed by atoms with E-state index in [9.17, 15) is 45.9 Å². The summed E-state index contributed by atoms with van der Waals surface area (Å²) in [7, 11) is 1.17. The fourth-order valence-electron chi connectivity index (χ4n) is 4.11. The Bertz CT molecular complexity index is 1330. The fraction of sp³-hybridized carbons (Fsp3) is 0.360. The summed E-state index contributed by atoms with van der Waals surface area (Å²) in [5.74, 6) is -5.59. The first-order valence-corrected chi connectivity index (χ1v) is 11.8. The first kappa shape index (κ1) is 30.1. The first-order chi connectivity index (χ1) is 18.7. The number of carbonyl (C=O) groups excluding carboxylic acids is 5. The molecule has 15 heteroatoms. The zero-order valence-corrected chi connectivity index (χ0v) is 21.1. The number of hydrogen-bond acceptors (Lipinski definition) is 6. The zero-order valence-electron chi connectivity index (χ0n) is 21.1. The summed E-state index contributed by atoms with van der Waals surface area (Å²) < 4.78 is 65.9. The molecule has 1 aliphatic heterocycles. The minimum absolute atomic E-state index is 0.223. The van der Waals surface area contributed by atoms with Gasteiger partial charge in [-0.25, -0.2) is 8.78 Å². The molecule has 1 saturated heterocycles. The molecule has 0 unspecified atom stereocenters. The van der Waals surface area contributed by atoms with E-state index in [0.717, 1.165) is 30.5 Å². The Balaban J connectivity index is 1.93. The zero-order chi connectivity index (χ0) is 29.8. The van der Waals surface area contributed by atoms with Crippen molar-refractivity contribution in [2.75, 3.05) is 12.4 Å². The molecule has 4 N–H and O–H groups in total. The van der Waals surface area contributed by atoms with E-state index in [4.69, 9.17) is 0 Å². The second-order valence-electron chi connectivity index (χ2n) is 9.03. The lowest BCUT2D eigenvalue weighted by Gasteiger charge is -2.21. The number of carbonyl (C=O) groups is 5. The van der Waals surface area contributed by atoms with Crippen LogP contribution in [0.3, 0.4) is 0 Å². The molecule has 1 aliphatic rings. The van der Waals surface area contributed by atoms with Crippen molar-refractivity contribution in [1.82, 2.24) is 20.9 Å². The van der Waals surface area contributed by atoms with Gasteiger partial charge < -0.3 is 21.3 Å². The third-order valence-corrected chi connectivity index (χ3v) is 6.09. The van der Waals surface area contributed by atoms with Crippen LogP contribution < -0.4 is 21.3 Å². The van der Waals surface area contributed by atoms with Crippen LogP contribution in [0, 0.1) is 5.92 Å². The molecule has 0 aliphatic carbocycles. The van der Waals surface area contributed by atoms with Crippen molar-refractivity contribution in [2.45, 2.75) is 44.5 Å². The van der Waals surface area contributed by atoms with E-state index in [-0.39, 0.29) is 18.2 Å². The standard InChI is InChI=1S/C25H24F5N5O5/c1-11-7-14(22(38)33-11)9-17(19(36)24(40)31-2)35-23(39)15-8-12(20(26)27)3-4-16(15)34-21(37)13-5-6-32-18(10-13)25(28,29)30/h3-6,8,10-11,14,17,20H,7,9H2,1-2H3,(H,31,40)(H,33,38)(H,34,37)(H,35,39)/t11-,14+,17+/m1/s1. The minimum atomic E-state index is -4.85. The highest BCUT2D eigenvalue weighted by atomic mass is 19.4. The van der Waals surface area contributed by atoms with Gasteiger partial charge in [0.25, 0.3) is 24.1 Å². The number of halogens is 5. The van der Waals surface area contributed by atoms with Gasteiger partial charge in [-0.1, -0.05) is 6.07 Å². The quantitative estimate of drug-likeness (QED) is 0.270. The normalized spacial score (nSPS) is 17.6. The van der Waals surface area contributed by atoms with Gasteiger partial charge in [-0.3, -0.25) is 29.0 Å². The maximum atomic E-state index is 13.4. The highest BCUT2D eigenvalue weighted by Crippen LogP contribution is 2.29. The van der Waals surface area contributed by atoms with Gasteiger partial charge in [-0.15, -0.1) is 0 Å². The third kappa shape index (κ3) is 7.15. The van der Waals surface area contributed by atoms with Crippen molar-refractivity contribution in [3.8, 4) is 0 Å². The van der Waals surface area contributed by atoms with E-state index < -0.39 is 76.4 Å². The Morgan fingerprint density at radius 3 is 2.38 bits per heavy atom. The lowest BCUT2D eigenvalue weighted by Crippen LogP contribution is -2.48. The number of likely N-dealkylation sites (N-methyl/N-ethyl adjacent to an activating group) is 1. The average molecular weight is 569 g/mol. The number of aromatic nitrogens is 1. The predicted molar refractivity (Wildman–Crippen MR) is 129 cm³/mol. The third-order valence-electron chi connectivity index (χ3n) is 6.09. The molecule has 0 radical (unpaired) electrons. The molecule has 10 nitrogen and oxygen atoms in total. The van der Waals surface area contributed by atoms with Crippen molar-refractivity contribution in [3.63, 3.8) is 0 Å². The number of nitrogens with zero attached hydrogens (tertiary/aromatic N) is 1. The van der Waals surface area contributed by atoms with Crippen molar-refractivity contribution in [2.24, 2.45) is 5.92 Å². The van der Waals surface area contributed by atoms with E-state index in [1.807, 2.05) is 0 Å². The molecule has 1 aromatic carbocycles. The monoisotopic (exact) mass is 569 g/mol. The molecule has 0 bridgehead atoms. The summed E-state index contributed by atoms with van der Waals surface area (Å²) in [5, 5.41) is 9.25. The Morgan fingerprint density at radius 1 is 1.10 bits per heavy atom. The highest BCUT2D eigenvalue weighted by molar-refractivity contribution is 6.38. The van der Waals surface area contributed by atoms with Crippen LogP contribution in [0.25, 0.3) is 0 Å². The Morgan fingerprint density at radius 2 is 1.80 bits per heavy atom. The SMILES string of the molecule is CNC(=O)C(=O)[C@H](C[C@@H]1C[C@@H](C)NC1=O)NC(=O)c1cc(C(F)F)ccc1NC(=O)c1ccnc(C(F)(F)F)c1. The van der Waals surface area contributed by atoms with Gasteiger partial charge >= 0.3 is 6.18 Å². The molecule has 4 amide bonds. The maximum Gasteiger partial charge on any atom is 0.433 e. The predicted octanol–water partition coefficient (Wildman–Crippen LogP) is 2.62. The second-order valence-corrected chi connectivity index (χ2v) is 9.03. The number of rotatable bonds is 9. The topological polar surface area (TPSA) is 146 Å². The lowest BCUT2D eigenvalue weighted by molar-refractivity contribution is -0.141. The van der Waals surface area contributed by atoms with Crippen LogP contribution in [0.5, 0.6) is 0 Å². The van der Waals surface area contributed by atoms with E-state index in [0.29, 0.717) is 12.5 Å². The molecule has 2 heterocycles. The number of alkyl halides is 5. The lowest BCUT2D eigenvalue weighted by atomic mass is 9.93. The summed E-state index contributed by atoms with van der Waals surface area (Å²) >= 11 is 0. The number of benzene rings is 1. The van der Waals surface area contributed by atoms with Crippen molar-refractivity contribution >= 4 is 35.1 Å². The summed E-state index contributed by atoms with van der Waals surface area (Å²) in [4.78, 5) is 66.1. The summed E-state index contributed by atoms with van der Waals surface area (Å²) in [6.07, 6.45) is -7.11. The van der Waals surface area contributed by atoms with Crippen LogP contribution in [-0.4, -0.2) is 53.5 Å². The van der Waals surface area contributed by atoms with Gasteiger partial charge in [-0.05, 0) is 44.0 Å². The number of Topliss-reactive ketones (excluding diaryl/α,β-unsaturated/α-hetero) is 1. The molecule has 3 atom stereocenters. The molecule has 1 fully saturated rings. The number of amides is 4. The van der Waals surface area contributed by atoms with Crippen LogP contribution in [0.2, 0.25) is 0 Å². The van der Waals surface area contributed by atoms with Crippen LogP contribution in [0.1, 0.15) is 58.2 Å². The summed E-state index contributed by atoms with van der Waals surface area (Å²) in [6.45, 7) is 1.72. The second kappa shape index (κ2) is 12.2. The fourth-order valence-corrected chi connectivity index (χ4v) is 4.11. The van der Waals surface area contributed by atoms with E-state index in [1.54, 1.807) is 6.92 Å². The van der Waals surface area contributed by atoms with Gasteiger partial charge in [0.2, 0.25) is 11.7 Å². The number of hydrogen-bond donors (Lipinski definition) is 4. The first-order valence-electron chi connectivity index (χ1n) is 11.8. The molecule has 214 valence electrons. The molecule has 0 spiro atoms. The summed E-state index contributed by atoms with van der Waals surface area (Å²) in [5.41, 5.74) is -3.40. The van der Waals surface area contributed by atoms with Gasteiger partial charge in [0.1, 0.15) is 5.69 Å². The summed E-state index contributed by atoms with van der Waals surface area (Å²) in [6, 6.07) is 2.25. The van der Waals surface area contributed by atoms with Crippen molar-refractivity contribution < 1.29 is 45.9 Å². The number of anilines is 1. The minimum Gasteiger partial charge on any atom is -0.353 e. The largest absolute Gasteiger partial charge is 0.433 e. The van der Waals surface area contributed by atoms with Gasteiger partial charge in [-0.2, -0.15) is 13.2 Å². The van der Waals surface area contributed by atoms with Gasteiger partial charge in [0.15, 0.2) is 0 Å². The number of pyridine rings is 1. The van der Waals surface area contributed by atoms with Gasteiger partial charge in [0.05, 0.1) is 17.3 Å². The Hall–Kier alpha value is -4.43.